The Kier molecular flexibility index (Phi) is 5.20. The lowest BCUT2D eigenvalue weighted by Crippen LogP contribution is -2.22. The number of nitrogens with two attached hydrogens (primary N) is 1. The van der Waals surface area contributed by atoms with E-state index < -0.39 is 29.4 Å². The molecule has 0 aliphatic carbocycles. The first-order valence-corrected chi connectivity index (χ1v) is 8.90. The number of anilines is 1. The van der Waals surface area contributed by atoms with Crippen LogP contribution in [-0.4, -0.2) is 10.9 Å². The minimum absolute atomic E-state index is 0.0190. The molecule has 0 spiro atoms. The monoisotopic (exact) mass is 433 g/mol. The highest BCUT2D eigenvalue weighted by molar-refractivity contribution is 7.21. The maximum Gasteiger partial charge on any atom is 0.417 e. The summed E-state index contributed by atoms with van der Waals surface area (Å²) in [5.41, 5.74) is 4.18. The number of aromatic nitrogens is 1. The number of benzene rings is 1. The molecule has 0 saturated heterocycles. The van der Waals surface area contributed by atoms with E-state index in [0.29, 0.717) is 5.56 Å². The molecule has 0 saturated carbocycles. The molecule has 0 aliphatic rings. The number of hydrogen-bond acceptors (Lipinski definition) is 4. The second-order valence-electron chi connectivity index (χ2n) is 6.21. The van der Waals surface area contributed by atoms with Crippen molar-refractivity contribution < 1.29 is 31.1 Å². The van der Waals surface area contributed by atoms with Crippen molar-refractivity contribution in [1.29, 1.82) is 0 Å². The number of rotatable bonds is 3. The predicted octanol–water partition coefficient (Wildman–Crippen LogP) is 5.15. The standard InChI is InChI=1S/C18H13F6N3OS/c1-8-6-11(18(22,23)24)12-13(25)14(29-16(12)27-8)15(28)26-7-9-2-4-10(5-3-9)17(19,20)21/h2-6H,7,25H2,1H3,(H,26,28). The molecular formula is C18H13F6N3OS. The van der Waals surface area contributed by atoms with Crippen LogP contribution in [0, 0.1) is 6.92 Å². The van der Waals surface area contributed by atoms with Gasteiger partial charge in [-0.15, -0.1) is 11.3 Å². The number of aryl methyl sites for hydroxylation is 1. The summed E-state index contributed by atoms with van der Waals surface area (Å²) in [6.07, 6.45) is -9.15. The number of pyridine rings is 1. The molecule has 0 atom stereocenters. The fourth-order valence-electron chi connectivity index (χ4n) is 2.71. The number of hydrogen-bond donors (Lipinski definition) is 2. The van der Waals surface area contributed by atoms with E-state index in [9.17, 15) is 31.1 Å². The van der Waals surface area contributed by atoms with Crippen LogP contribution in [0.2, 0.25) is 0 Å². The van der Waals surface area contributed by atoms with E-state index in [1.807, 2.05) is 0 Å². The van der Waals surface area contributed by atoms with E-state index in [1.54, 1.807) is 0 Å². The van der Waals surface area contributed by atoms with Gasteiger partial charge in [0.15, 0.2) is 0 Å². The van der Waals surface area contributed by atoms with Crippen molar-refractivity contribution in [2.45, 2.75) is 25.8 Å². The molecule has 3 N–H and O–H groups in total. The number of amides is 1. The molecule has 4 nitrogen and oxygen atoms in total. The Hall–Kier alpha value is -2.82. The van der Waals surface area contributed by atoms with Crippen molar-refractivity contribution in [2.24, 2.45) is 0 Å². The quantitative estimate of drug-likeness (QED) is 0.561. The van der Waals surface area contributed by atoms with Gasteiger partial charge in [0.25, 0.3) is 5.91 Å². The summed E-state index contributed by atoms with van der Waals surface area (Å²) in [6, 6.07) is 5.00. The largest absolute Gasteiger partial charge is 0.417 e. The van der Waals surface area contributed by atoms with Crippen LogP contribution in [0.1, 0.15) is 32.1 Å². The second kappa shape index (κ2) is 7.21. The summed E-state index contributed by atoms with van der Waals surface area (Å²) in [5.74, 6) is -0.740. The van der Waals surface area contributed by atoms with E-state index in [0.717, 1.165) is 29.5 Å². The maximum absolute atomic E-state index is 13.3. The highest BCUT2D eigenvalue weighted by Crippen LogP contribution is 2.42. The van der Waals surface area contributed by atoms with Gasteiger partial charge in [0.2, 0.25) is 0 Å². The van der Waals surface area contributed by atoms with Gasteiger partial charge in [0, 0.05) is 17.6 Å². The molecule has 154 valence electrons. The Morgan fingerprint density at radius 3 is 2.28 bits per heavy atom. The van der Waals surface area contributed by atoms with Gasteiger partial charge < -0.3 is 11.1 Å². The molecule has 29 heavy (non-hydrogen) atoms. The molecule has 0 aliphatic heterocycles. The molecule has 3 rings (SSSR count). The van der Waals surface area contributed by atoms with Crippen LogP contribution in [0.25, 0.3) is 10.2 Å². The lowest BCUT2D eigenvalue weighted by molar-refractivity contribution is -0.138. The van der Waals surface area contributed by atoms with E-state index in [1.165, 1.54) is 19.1 Å². The highest BCUT2D eigenvalue weighted by atomic mass is 32.1. The number of halogens is 6. The van der Waals surface area contributed by atoms with Crippen molar-refractivity contribution in [1.82, 2.24) is 10.3 Å². The summed E-state index contributed by atoms with van der Waals surface area (Å²) in [5, 5.41) is 2.11. The SMILES string of the molecule is Cc1cc(C(F)(F)F)c2c(N)c(C(=O)NCc3ccc(C(F)(F)F)cc3)sc2n1. The minimum Gasteiger partial charge on any atom is -0.397 e. The van der Waals surface area contributed by atoms with Gasteiger partial charge in [-0.1, -0.05) is 12.1 Å². The average molecular weight is 433 g/mol. The number of nitrogens with zero attached hydrogens (tertiary/aromatic N) is 1. The maximum atomic E-state index is 13.3. The van der Waals surface area contributed by atoms with Gasteiger partial charge in [0.05, 0.1) is 16.8 Å². The van der Waals surface area contributed by atoms with Crippen molar-refractivity contribution in [3.63, 3.8) is 0 Å². The molecule has 11 heteroatoms. The summed E-state index contributed by atoms with van der Waals surface area (Å²) in [6.45, 7) is 1.28. The van der Waals surface area contributed by atoms with Crippen LogP contribution in [0.5, 0.6) is 0 Å². The molecule has 0 bridgehead atoms. The zero-order valence-electron chi connectivity index (χ0n) is 14.7. The number of carbonyl (C=O) groups excluding carboxylic acids is 1. The molecule has 3 aromatic rings. The normalized spacial score (nSPS) is 12.4. The third-order valence-electron chi connectivity index (χ3n) is 4.07. The van der Waals surface area contributed by atoms with Crippen molar-refractivity contribution in [3.8, 4) is 0 Å². The Morgan fingerprint density at radius 2 is 1.72 bits per heavy atom. The number of nitrogen functional groups attached to an aromatic ring is 1. The number of fused-ring (bicyclic) bond motifs is 1. The Bertz CT molecular complexity index is 1070. The summed E-state index contributed by atoms with van der Waals surface area (Å²) < 4.78 is 77.7. The van der Waals surface area contributed by atoms with Gasteiger partial charge in [-0.05, 0) is 30.7 Å². The lowest BCUT2D eigenvalue weighted by Gasteiger charge is -2.10. The molecule has 1 amide bonds. The summed E-state index contributed by atoms with van der Waals surface area (Å²) in [4.78, 5) is 16.3. The summed E-state index contributed by atoms with van der Waals surface area (Å²) in [7, 11) is 0. The highest BCUT2D eigenvalue weighted by Gasteiger charge is 2.36. The predicted molar refractivity (Wildman–Crippen MR) is 96.4 cm³/mol. The molecule has 2 heterocycles. The third kappa shape index (κ3) is 4.29. The van der Waals surface area contributed by atoms with Crippen LogP contribution in [0.15, 0.2) is 30.3 Å². The molecule has 0 fully saturated rings. The van der Waals surface area contributed by atoms with Gasteiger partial charge >= 0.3 is 12.4 Å². The number of thiophene rings is 1. The van der Waals surface area contributed by atoms with Gasteiger partial charge in [-0.2, -0.15) is 26.3 Å². The lowest BCUT2D eigenvalue weighted by atomic mass is 10.1. The average Bonchev–Trinajstić information content (AvgIpc) is 2.94. The van der Waals surface area contributed by atoms with Crippen molar-refractivity contribution in [3.05, 3.63) is 57.6 Å². The van der Waals surface area contributed by atoms with E-state index >= 15 is 0 Å². The van der Waals surface area contributed by atoms with E-state index in [-0.39, 0.29) is 33.0 Å². The molecular weight excluding hydrogens is 420 g/mol. The van der Waals surface area contributed by atoms with Crippen LogP contribution in [0.4, 0.5) is 32.0 Å². The zero-order chi connectivity index (χ0) is 21.6. The van der Waals surface area contributed by atoms with Gasteiger partial charge in [-0.3, -0.25) is 4.79 Å². The first kappa shape index (κ1) is 20.9. The third-order valence-corrected chi connectivity index (χ3v) is 5.17. The van der Waals surface area contributed by atoms with Crippen LogP contribution < -0.4 is 11.1 Å². The Labute approximate surface area is 164 Å². The second-order valence-corrected chi connectivity index (χ2v) is 7.21. The fourth-order valence-corrected chi connectivity index (χ4v) is 3.79. The van der Waals surface area contributed by atoms with Crippen LogP contribution in [0.3, 0.4) is 0 Å². The van der Waals surface area contributed by atoms with Gasteiger partial charge in [-0.25, -0.2) is 4.98 Å². The zero-order valence-corrected chi connectivity index (χ0v) is 15.5. The first-order chi connectivity index (χ1) is 13.4. The topological polar surface area (TPSA) is 68.0 Å². The number of alkyl halides is 6. The van der Waals surface area contributed by atoms with Crippen molar-refractivity contribution >= 4 is 33.1 Å². The number of carbonyl (C=O) groups is 1. The van der Waals surface area contributed by atoms with Crippen LogP contribution >= 0.6 is 11.3 Å². The van der Waals surface area contributed by atoms with Gasteiger partial charge in [0.1, 0.15) is 9.71 Å². The molecule has 2 aromatic heterocycles. The minimum atomic E-state index is -4.67. The van der Waals surface area contributed by atoms with Crippen molar-refractivity contribution in [2.75, 3.05) is 5.73 Å². The van der Waals surface area contributed by atoms with E-state index in [2.05, 4.69) is 10.3 Å². The van der Waals surface area contributed by atoms with E-state index in [4.69, 9.17) is 5.73 Å². The smallest absolute Gasteiger partial charge is 0.397 e. The first-order valence-electron chi connectivity index (χ1n) is 8.09. The van der Waals surface area contributed by atoms with Crippen LogP contribution in [-0.2, 0) is 18.9 Å². The number of nitrogens with one attached hydrogen (secondary N) is 1. The Balaban J connectivity index is 1.85. The fraction of sp³-hybridized carbons (Fsp3) is 0.222. The molecule has 0 unspecified atom stereocenters. The Morgan fingerprint density at radius 1 is 1.10 bits per heavy atom. The molecule has 0 radical (unpaired) electrons. The molecule has 1 aromatic carbocycles. The summed E-state index contributed by atoms with van der Waals surface area (Å²) >= 11 is 0.720.